The molecule has 6 nitrogen and oxygen atoms in total. The molecule has 7 heteroatoms. The van der Waals surface area contributed by atoms with Crippen molar-refractivity contribution in [2.45, 2.75) is 38.6 Å². The third kappa shape index (κ3) is 4.43. The smallest absolute Gasteiger partial charge is 0.284 e. The molecular formula is C23H32N3O3S+. The zero-order valence-electron chi connectivity index (χ0n) is 18.5. The third-order valence-corrected chi connectivity index (χ3v) is 8.23. The Labute approximate surface area is 180 Å². The number of hydrogen-bond acceptors (Lipinski definition) is 3. The van der Waals surface area contributed by atoms with Crippen molar-refractivity contribution in [1.29, 1.82) is 0 Å². The standard InChI is InChI=1S/C23H31N3O3S/c1-17-15-18(2)22(19(3)16-17)30(28,29)26-13-11-25(12-14-26)20(4)23(27)24(5)21-9-7-6-8-10-21/h6-10,15-16,20H,11-14H2,1-5H3/p+1/t20-/m1/s1. The number of carbonyl (C=O) groups excluding carboxylic acids is 1. The minimum absolute atomic E-state index is 0.0396. The van der Waals surface area contributed by atoms with Gasteiger partial charge in [-0.2, -0.15) is 4.31 Å². The molecule has 1 atom stereocenters. The summed E-state index contributed by atoms with van der Waals surface area (Å²) in [4.78, 5) is 16.2. The maximum absolute atomic E-state index is 13.3. The molecule has 0 aromatic heterocycles. The van der Waals surface area contributed by atoms with E-state index in [0.717, 1.165) is 27.3 Å². The fraction of sp³-hybridized carbons (Fsp3) is 0.435. The SMILES string of the molecule is Cc1cc(C)c(S(=O)(=O)N2CC[NH+]([C@H](C)C(=O)N(C)c3ccccc3)CC2)c(C)c1. The van der Waals surface area contributed by atoms with Gasteiger partial charge in [0.15, 0.2) is 6.04 Å². The van der Waals surface area contributed by atoms with Crippen LogP contribution in [0.1, 0.15) is 23.6 Å². The number of carbonyl (C=O) groups is 1. The first-order valence-electron chi connectivity index (χ1n) is 10.4. The highest BCUT2D eigenvalue weighted by Gasteiger charge is 2.36. The van der Waals surface area contributed by atoms with Crippen LogP contribution in [0.4, 0.5) is 5.69 Å². The molecule has 0 saturated carbocycles. The summed E-state index contributed by atoms with van der Waals surface area (Å²) in [6, 6.07) is 13.2. The average Bonchev–Trinajstić information content (AvgIpc) is 2.72. The number of rotatable bonds is 5. The van der Waals surface area contributed by atoms with Gasteiger partial charge in [-0.05, 0) is 51.0 Å². The van der Waals surface area contributed by atoms with Crippen molar-refractivity contribution in [2.75, 3.05) is 38.1 Å². The molecule has 162 valence electrons. The predicted octanol–water partition coefficient (Wildman–Crippen LogP) is 1.55. The Hall–Kier alpha value is -2.22. The highest BCUT2D eigenvalue weighted by Crippen LogP contribution is 2.25. The minimum Gasteiger partial charge on any atom is -0.323 e. The second kappa shape index (κ2) is 8.88. The van der Waals surface area contributed by atoms with Gasteiger partial charge in [-0.3, -0.25) is 4.79 Å². The summed E-state index contributed by atoms with van der Waals surface area (Å²) in [5.74, 6) is 0.0396. The monoisotopic (exact) mass is 430 g/mol. The van der Waals surface area contributed by atoms with Gasteiger partial charge < -0.3 is 9.80 Å². The summed E-state index contributed by atoms with van der Waals surface area (Å²) < 4.78 is 28.1. The molecule has 0 aliphatic carbocycles. The second-order valence-electron chi connectivity index (χ2n) is 8.24. The van der Waals surface area contributed by atoms with Gasteiger partial charge in [-0.25, -0.2) is 8.42 Å². The Morgan fingerprint density at radius 2 is 1.57 bits per heavy atom. The lowest BCUT2D eigenvalue weighted by atomic mass is 10.1. The normalized spacial score (nSPS) is 17.0. The lowest BCUT2D eigenvalue weighted by molar-refractivity contribution is -0.917. The number of quaternary nitrogens is 1. The summed E-state index contributed by atoms with van der Waals surface area (Å²) in [5.41, 5.74) is 3.50. The number of likely N-dealkylation sites (N-methyl/N-ethyl adjacent to an activating group) is 1. The lowest BCUT2D eigenvalue weighted by Crippen LogP contribution is -3.19. The van der Waals surface area contributed by atoms with Crippen LogP contribution in [0, 0.1) is 20.8 Å². The number of nitrogens with zero attached hydrogens (tertiary/aromatic N) is 2. The van der Waals surface area contributed by atoms with Crippen molar-refractivity contribution in [3.8, 4) is 0 Å². The molecular weight excluding hydrogens is 398 g/mol. The molecule has 1 fully saturated rings. The first-order chi connectivity index (χ1) is 14.1. The van der Waals surface area contributed by atoms with Gasteiger partial charge in [0.2, 0.25) is 10.0 Å². The minimum atomic E-state index is -3.54. The van der Waals surface area contributed by atoms with Crippen LogP contribution in [0.5, 0.6) is 0 Å². The summed E-state index contributed by atoms with van der Waals surface area (Å²) in [5, 5.41) is 0. The van der Waals surface area contributed by atoms with Crippen LogP contribution in [0.2, 0.25) is 0 Å². The van der Waals surface area contributed by atoms with E-state index in [-0.39, 0.29) is 11.9 Å². The van der Waals surface area contributed by atoms with Gasteiger partial charge in [0.25, 0.3) is 5.91 Å². The fourth-order valence-electron chi connectivity index (χ4n) is 4.39. The molecule has 3 rings (SSSR count). The summed E-state index contributed by atoms with van der Waals surface area (Å²) in [6.07, 6.45) is 0. The molecule has 1 heterocycles. The highest BCUT2D eigenvalue weighted by atomic mass is 32.2. The van der Waals surface area contributed by atoms with E-state index in [1.165, 1.54) is 0 Å². The summed E-state index contributed by atoms with van der Waals surface area (Å²) in [6.45, 7) is 9.66. The van der Waals surface area contributed by atoms with E-state index < -0.39 is 10.0 Å². The fourth-order valence-corrected chi connectivity index (χ4v) is 6.25. The second-order valence-corrected chi connectivity index (χ2v) is 10.1. The van der Waals surface area contributed by atoms with E-state index in [9.17, 15) is 13.2 Å². The molecule has 0 radical (unpaired) electrons. The first kappa shape index (κ1) is 22.5. The number of hydrogen-bond donors (Lipinski definition) is 1. The van der Waals surface area contributed by atoms with Gasteiger partial charge in [0.05, 0.1) is 31.1 Å². The van der Waals surface area contributed by atoms with Crippen molar-refractivity contribution >= 4 is 21.6 Å². The van der Waals surface area contributed by atoms with E-state index >= 15 is 0 Å². The Morgan fingerprint density at radius 3 is 2.10 bits per heavy atom. The molecule has 1 aliphatic heterocycles. The molecule has 1 aliphatic rings. The molecule has 0 bridgehead atoms. The number of piperazine rings is 1. The lowest BCUT2D eigenvalue weighted by Gasteiger charge is -2.35. The number of nitrogens with one attached hydrogen (secondary N) is 1. The van der Waals surface area contributed by atoms with E-state index in [2.05, 4.69) is 0 Å². The maximum atomic E-state index is 13.3. The van der Waals surface area contributed by atoms with Crippen LogP contribution >= 0.6 is 0 Å². The first-order valence-corrected chi connectivity index (χ1v) is 11.8. The highest BCUT2D eigenvalue weighted by molar-refractivity contribution is 7.89. The average molecular weight is 431 g/mol. The van der Waals surface area contributed by atoms with E-state index in [4.69, 9.17) is 0 Å². The largest absolute Gasteiger partial charge is 0.323 e. The topological polar surface area (TPSA) is 62.1 Å². The van der Waals surface area contributed by atoms with Crippen molar-refractivity contribution in [2.24, 2.45) is 0 Å². The van der Waals surface area contributed by atoms with Crippen molar-refractivity contribution in [1.82, 2.24) is 4.31 Å². The zero-order chi connectivity index (χ0) is 22.1. The Morgan fingerprint density at radius 1 is 1.03 bits per heavy atom. The van der Waals surface area contributed by atoms with Crippen LogP contribution in [0.3, 0.4) is 0 Å². The van der Waals surface area contributed by atoms with Gasteiger partial charge in [-0.1, -0.05) is 35.9 Å². The molecule has 1 amide bonds. The number of sulfonamides is 1. The summed E-state index contributed by atoms with van der Waals surface area (Å²) >= 11 is 0. The number of amides is 1. The molecule has 2 aromatic rings. The van der Waals surface area contributed by atoms with Crippen molar-refractivity contribution < 1.29 is 18.1 Å². The predicted molar refractivity (Wildman–Crippen MR) is 119 cm³/mol. The molecule has 0 unspecified atom stereocenters. The van der Waals surface area contributed by atoms with Gasteiger partial charge in [-0.15, -0.1) is 0 Å². The number of benzene rings is 2. The number of para-hydroxylation sites is 1. The molecule has 30 heavy (non-hydrogen) atoms. The zero-order valence-corrected chi connectivity index (χ0v) is 19.3. The van der Waals surface area contributed by atoms with E-state index in [1.807, 2.05) is 70.2 Å². The van der Waals surface area contributed by atoms with Gasteiger partial charge in [0.1, 0.15) is 0 Å². The number of anilines is 1. The quantitative estimate of drug-likeness (QED) is 0.783. The van der Waals surface area contributed by atoms with Crippen molar-refractivity contribution in [3.63, 3.8) is 0 Å². The summed E-state index contributed by atoms with van der Waals surface area (Å²) in [7, 11) is -1.76. The maximum Gasteiger partial charge on any atom is 0.284 e. The molecule has 1 saturated heterocycles. The Balaban J connectivity index is 1.69. The van der Waals surface area contributed by atoms with Crippen LogP contribution in [0.25, 0.3) is 0 Å². The van der Waals surface area contributed by atoms with Crippen LogP contribution in [0.15, 0.2) is 47.4 Å². The Kier molecular flexibility index (Phi) is 6.65. The van der Waals surface area contributed by atoms with Crippen LogP contribution in [-0.2, 0) is 14.8 Å². The molecule has 1 N–H and O–H groups in total. The number of aryl methyl sites for hydroxylation is 3. The molecule has 2 aromatic carbocycles. The van der Waals surface area contributed by atoms with Crippen LogP contribution in [-0.4, -0.2) is 57.9 Å². The Bertz CT molecular complexity index is 990. The third-order valence-electron chi connectivity index (χ3n) is 6.02. The van der Waals surface area contributed by atoms with Gasteiger partial charge in [0, 0.05) is 12.7 Å². The van der Waals surface area contributed by atoms with Gasteiger partial charge >= 0.3 is 0 Å². The van der Waals surface area contributed by atoms with E-state index in [1.54, 1.807) is 16.3 Å². The van der Waals surface area contributed by atoms with Crippen molar-refractivity contribution in [3.05, 3.63) is 59.2 Å². The van der Waals surface area contributed by atoms with E-state index in [0.29, 0.717) is 31.1 Å². The van der Waals surface area contributed by atoms with Crippen LogP contribution < -0.4 is 9.80 Å². The molecule has 0 spiro atoms.